The number of rotatable bonds is 5. The normalized spacial score (nSPS) is 10.9. The first-order valence-corrected chi connectivity index (χ1v) is 7.62. The van der Waals surface area contributed by atoms with E-state index >= 15 is 0 Å². The van der Waals surface area contributed by atoms with Crippen LogP contribution in [0, 0.1) is 0 Å². The number of carbonyl (C=O) groups is 1. The Bertz CT molecular complexity index is 880. The fraction of sp³-hybridized carbons (Fsp3) is 0.100. The maximum Gasteiger partial charge on any atom is 0.185 e. The Morgan fingerprint density at radius 2 is 1.96 bits per heavy atom. The van der Waals surface area contributed by atoms with Crippen LogP contribution >= 0.6 is 0 Å². The Morgan fingerprint density at radius 1 is 1.17 bits per heavy atom. The summed E-state index contributed by atoms with van der Waals surface area (Å²) >= 11 is 0. The lowest BCUT2D eigenvalue weighted by molar-refractivity contribution is 0.104. The molecular formula is C20H18N2O2. The van der Waals surface area contributed by atoms with Gasteiger partial charge in [-0.2, -0.15) is 5.10 Å². The molecule has 0 saturated heterocycles. The van der Waals surface area contributed by atoms with Crippen molar-refractivity contribution in [3.63, 3.8) is 0 Å². The molecule has 4 heteroatoms. The monoisotopic (exact) mass is 318 g/mol. The molecule has 0 aliphatic heterocycles. The lowest BCUT2D eigenvalue weighted by atomic mass is 10.00. The summed E-state index contributed by atoms with van der Waals surface area (Å²) in [6.07, 6.45) is 6.90. The summed E-state index contributed by atoms with van der Waals surface area (Å²) in [5, 5.41) is 4.08. The zero-order chi connectivity index (χ0) is 16.9. The van der Waals surface area contributed by atoms with Crippen LogP contribution in [0.3, 0.4) is 0 Å². The van der Waals surface area contributed by atoms with Crippen molar-refractivity contribution in [2.45, 2.75) is 0 Å². The number of aromatic nitrogens is 2. The summed E-state index contributed by atoms with van der Waals surface area (Å²) in [5.74, 6) is 0.688. The fourth-order valence-corrected chi connectivity index (χ4v) is 2.50. The van der Waals surface area contributed by atoms with E-state index in [-0.39, 0.29) is 5.78 Å². The van der Waals surface area contributed by atoms with E-state index in [9.17, 15) is 4.79 Å². The number of allylic oxidation sites excluding steroid dienone is 1. The van der Waals surface area contributed by atoms with Crippen molar-refractivity contribution in [3.8, 4) is 16.9 Å². The largest absolute Gasteiger partial charge is 0.496 e. The van der Waals surface area contributed by atoms with Gasteiger partial charge in [0.25, 0.3) is 0 Å². The smallest absolute Gasteiger partial charge is 0.185 e. The van der Waals surface area contributed by atoms with Gasteiger partial charge < -0.3 is 4.74 Å². The van der Waals surface area contributed by atoms with E-state index in [0.29, 0.717) is 5.56 Å². The molecule has 0 aliphatic carbocycles. The van der Waals surface area contributed by atoms with Crippen LogP contribution in [-0.2, 0) is 7.05 Å². The highest BCUT2D eigenvalue weighted by Gasteiger charge is 2.10. The lowest BCUT2D eigenvalue weighted by Gasteiger charge is -2.10. The average Bonchev–Trinajstić information content (AvgIpc) is 3.05. The average molecular weight is 318 g/mol. The second-order valence-electron chi connectivity index (χ2n) is 5.43. The summed E-state index contributed by atoms with van der Waals surface area (Å²) in [6, 6.07) is 15.4. The predicted octanol–water partition coefficient (Wildman–Crippen LogP) is 3.99. The molecule has 0 atom stereocenters. The van der Waals surface area contributed by atoms with E-state index in [1.807, 2.05) is 55.7 Å². The molecule has 24 heavy (non-hydrogen) atoms. The SMILES string of the molecule is COc1ccc(C(=O)C=Cc2cnn(C)c2)cc1-c1ccccc1. The van der Waals surface area contributed by atoms with Crippen LogP contribution in [0.25, 0.3) is 17.2 Å². The maximum atomic E-state index is 12.5. The number of ketones is 1. The van der Waals surface area contributed by atoms with Crippen molar-refractivity contribution >= 4 is 11.9 Å². The van der Waals surface area contributed by atoms with E-state index in [0.717, 1.165) is 22.4 Å². The molecule has 0 bridgehead atoms. The molecule has 0 spiro atoms. The molecule has 0 unspecified atom stereocenters. The Hall–Kier alpha value is -3.14. The summed E-state index contributed by atoms with van der Waals surface area (Å²) in [5.41, 5.74) is 3.43. The standard InChI is InChI=1S/C20H18N2O2/c1-22-14-15(13-21-22)8-10-19(23)17-9-11-20(24-2)18(12-17)16-6-4-3-5-7-16/h3-14H,1-2H3. The minimum atomic E-state index is -0.0568. The fourth-order valence-electron chi connectivity index (χ4n) is 2.50. The van der Waals surface area contributed by atoms with E-state index in [4.69, 9.17) is 4.74 Å². The van der Waals surface area contributed by atoms with Gasteiger partial charge in [0.2, 0.25) is 0 Å². The Balaban J connectivity index is 1.91. The summed E-state index contributed by atoms with van der Waals surface area (Å²) in [6.45, 7) is 0. The molecule has 120 valence electrons. The second kappa shape index (κ2) is 6.96. The molecule has 0 fully saturated rings. The van der Waals surface area contributed by atoms with Gasteiger partial charge in [0, 0.05) is 29.9 Å². The number of hydrogen-bond donors (Lipinski definition) is 0. The van der Waals surface area contributed by atoms with Crippen LogP contribution in [0.5, 0.6) is 5.75 Å². The molecule has 0 aliphatic rings. The molecule has 0 saturated carbocycles. The number of aryl methyl sites for hydroxylation is 1. The van der Waals surface area contributed by atoms with Gasteiger partial charge >= 0.3 is 0 Å². The van der Waals surface area contributed by atoms with Crippen LogP contribution in [0.15, 0.2) is 67.0 Å². The van der Waals surface area contributed by atoms with Crippen molar-refractivity contribution in [3.05, 3.63) is 78.1 Å². The number of carbonyl (C=O) groups excluding carboxylic acids is 1. The van der Waals surface area contributed by atoms with Crippen molar-refractivity contribution in [2.24, 2.45) is 7.05 Å². The number of nitrogens with zero attached hydrogens (tertiary/aromatic N) is 2. The van der Waals surface area contributed by atoms with Crippen LogP contribution < -0.4 is 4.74 Å². The van der Waals surface area contributed by atoms with Crippen LogP contribution in [0.4, 0.5) is 0 Å². The molecule has 4 nitrogen and oxygen atoms in total. The van der Waals surface area contributed by atoms with Gasteiger partial charge in [-0.15, -0.1) is 0 Å². The lowest BCUT2D eigenvalue weighted by Crippen LogP contribution is -1.96. The molecule has 1 aromatic heterocycles. The third-order valence-corrected chi connectivity index (χ3v) is 3.72. The summed E-state index contributed by atoms with van der Waals surface area (Å²) in [7, 11) is 3.47. The molecule has 3 rings (SSSR count). The van der Waals surface area contributed by atoms with Crippen molar-refractivity contribution in [1.82, 2.24) is 9.78 Å². The predicted molar refractivity (Wildman–Crippen MR) is 95.0 cm³/mol. The van der Waals surface area contributed by atoms with E-state index in [1.54, 1.807) is 36.2 Å². The minimum absolute atomic E-state index is 0.0568. The van der Waals surface area contributed by atoms with Crippen molar-refractivity contribution in [2.75, 3.05) is 7.11 Å². The van der Waals surface area contributed by atoms with Gasteiger partial charge in [-0.05, 0) is 35.9 Å². The third-order valence-electron chi connectivity index (χ3n) is 3.72. The highest BCUT2D eigenvalue weighted by molar-refractivity contribution is 6.07. The zero-order valence-electron chi connectivity index (χ0n) is 13.6. The van der Waals surface area contributed by atoms with Crippen LogP contribution in [0.1, 0.15) is 15.9 Å². The molecule has 0 N–H and O–H groups in total. The number of methoxy groups -OCH3 is 1. The minimum Gasteiger partial charge on any atom is -0.496 e. The third kappa shape index (κ3) is 3.43. The number of benzene rings is 2. The van der Waals surface area contributed by atoms with Gasteiger partial charge in [-0.25, -0.2) is 0 Å². The van der Waals surface area contributed by atoms with Gasteiger partial charge in [0.05, 0.1) is 13.3 Å². The van der Waals surface area contributed by atoms with Crippen LogP contribution in [0.2, 0.25) is 0 Å². The first kappa shape index (κ1) is 15.7. The highest BCUT2D eigenvalue weighted by Crippen LogP contribution is 2.31. The molecule has 3 aromatic rings. The van der Waals surface area contributed by atoms with E-state index < -0.39 is 0 Å². The quantitative estimate of drug-likeness (QED) is 0.528. The molecule has 2 aromatic carbocycles. The zero-order valence-corrected chi connectivity index (χ0v) is 13.6. The molecule has 1 heterocycles. The summed E-state index contributed by atoms with van der Waals surface area (Å²) in [4.78, 5) is 12.5. The van der Waals surface area contributed by atoms with Crippen LogP contribution in [-0.4, -0.2) is 22.7 Å². The molecular weight excluding hydrogens is 300 g/mol. The van der Waals surface area contributed by atoms with Gasteiger partial charge in [-0.3, -0.25) is 9.48 Å². The molecule has 0 amide bonds. The number of ether oxygens (including phenoxy) is 1. The Morgan fingerprint density at radius 3 is 2.62 bits per heavy atom. The molecule has 0 radical (unpaired) electrons. The maximum absolute atomic E-state index is 12.5. The number of hydrogen-bond acceptors (Lipinski definition) is 3. The Kier molecular flexibility index (Phi) is 4.57. The van der Waals surface area contributed by atoms with E-state index in [2.05, 4.69) is 5.10 Å². The van der Waals surface area contributed by atoms with Gasteiger partial charge in [0.15, 0.2) is 5.78 Å². The topological polar surface area (TPSA) is 44.1 Å². The first-order chi connectivity index (χ1) is 11.7. The van der Waals surface area contributed by atoms with Crippen molar-refractivity contribution < 1.29 is 9.53 Å². The second-order valence-corrected chi connectivity index (χ2v) is 5.43. The van der Waals surface area contributed by atoms with Gasteiger partial charge in [0.1, 0.15) is 5.75 Å². The van der Waals surface area contributed by atoms with Gasteiger partial charge in [-0.1, -0.05) is 30.3 Å². The van der Waals surface area contributed by atoms with Crippen molar-refractivity contribution in [1.29, 1.82) is 0 Å². The highest BCUT2D eigenvalue weighted by atomic mass is 16.5. The van der Waals surface area contributed by atoms with E-state index in [1.165, 1.54) is 0 Å². The first-order valence-electron chi connectivity index (χ1n) is 7.62. The summed E-state index contributed by atoms with van der Waals surface area (Å²) < 4.78 is 7.13. The Labute approximate surface area is 141 Å².